The summed E-state index contributed by atoms with van der Waals surface area (Å²) in [7, 11) is 0. The second kappa shape index (κ2) is 9.12. The summed E-state index contributed by atoms with van der Waals surface area (Å²) in [5, 5.41) is 0. The lowest BCUT2D eigenvalue weighted by Gasteiger charge is -2.23. The first-order valence-electron chi connectivity index (χ1n) is 8.45. The molecule has 0 heterocycles. The van der Waals surface area contributed by atoms with Gasteiger partial charge in [0, 0.05) is 25.1 Å². The number of nitrogens with two attached hydrogens (primary N) is 1. The van der Waals surface area contributed by atoms with Crippen LogP contribution < -0.4 is 10.5 Å². The molecule has 27 heavy (non-hydrogen) atoms. The number of alkyl halides is 2. The lowest BCUT2D eigenvalue weighted by molar-refractivity contribution is -0.118. The van der Waals surface area contributed by atoms with Gasteiger partial charge in [-0.3, -0.25) is 9.59 Å². The van der Waals surface area contributed by atoms with Gasteiger partial charge >= 0.3 is 6.61 Å². The monoisotopic (exact) mass is 376 g/mol. The molecule has 0 saturated heterocycles. The van der Waals surface area contributed by atoms with Crippen LogP contribution in [0.1, 0.15) is 33.5 Å². The fourth-order valence-electron chi connectivity index (χ4n) is 2.83. The summed E-state index contributed by atoms with van der Waals surface area (Å²) in [4.78, 5) is 25.7. The van der Waals surface area contributed by atoms with Gasteiger partial charge in [-0.25, -0.2) is 0 Å². The number of benzene rings is 2. The standard InChI is InChI=1S/C20H22F2N2O3/c1-13-10-16(11-14(2)18(13)27-20(21)22)19(26)24(9-8-17(23)25)12-15-6-4-3-5-7-15/h3-7,10-11,20H,8-9,12H2,1-2H3,(H2,23,25). The van der Waals surface area contributed by atoms with Crippen molar-refractivity contribution in [3.05, 3.63) is 64.7 Å². The molecule has 0 atom stereocenters. The second-order valence-electron chi connectivity index (χ2n) is 6.25. The van der Waals surface area contributed by atoms with Crippen LogP contribution in [0.2, 0.25) is 0 Å². The van der Waals surface area contributed by atoms with Crippen LogP contribution in [0.15, 0.2) is 42.5 Å². The van der Waals surface area contributed by atoms with E-state index in [1.165, 1.54) is 17.0 Å². The summed E-state index contributed by atoms with van der Waals surface area (Å²) in [5.74, 6) is -0.753. The third-order valence-corrected chi connectivity index (χ3v) is 4.05. The van der Waals surface area contributed by atoms with Crippen LogP contribution >= 0.6 is 0 Å². The van der Waals surface area contributed by atoms with E-state index in [0.29, 0.717) is 23.2 Å². The number of ether oxygens (including phenoxy) is 1. The van der Waals surface area contributed by atoms with E-state index < -0.39 is 12.5 Å². The number of halogens is 2. The van der Waals surface area contributed by atoms with Gasteiger partial charge in [0.2, 0.25) is 5.91 Å². The van der Waals surface area contributed by atoms with Crippen molar-refractivity contribution in [3.63, 3.8) is 0 Å². The van der Waals surface area contributed by atoms with Crippen LogP contribution in [0.3, 0.4) is 0 Å². The van der Waals surface area contributed by atoms with Crippen molar-refractivity contribution in [2.24, 2.45) is 5.73 Å². The average Bonchev–Trinajstić information content (AvgIpc) is 2.61. The Bertz CT molecular complexity index is 787. The first-order valence-corrected chi connectivity index (χ1v) is 8.45. The molecule has 2 aromatic carbocycles. The molecule has 0 aliphatic heterocycles. The van der Waals surface area contributed by atoms with Gasteiger partial charge in [0.1, 0.15) is 5.75 Å². The number of aryl methyl sites for hydroxylation is 2. The Kier molecular flexibility index (Phi) is 6.87. The van der Waals surface area contributed by atoms with E-state index in [1.807, 2.05) is 30.3 Å². The molecular formula is C20H22F2N2O3. The molecule has 0 saturated carbocycles. The third-order valence-electron chi connectivity index (χ3n) is 4.05. The Balaban J connectivity index is 2.29. The van der Waals surface area contributed by atoms with E-state index in [-0.39, 0.29) is 24.6 Å². The Labute approximate surface area is 156 Å². The van der Waals surface area contributed by atoms with Gasteiger partial charge in [-0.15, -0.1) is 0 Å². The molecule has 0 fully saturated rings. The number of hydrogen-bond donors (Lipinski definition) is 1. The summed E-state index contributed by atoms with van der Waals surface area (Å²) in [5.41, 5.74) is 7.34. The number of carbonyl (C=O) groups excluding carboxylic acids is 2. The molecule has 2 amide bonds. The number of amides is 2. The molecule has 0 aliphatic carbocycles. The third kappa shape index (κ3) is 5.77. The molecule has 2 aromatic rings. The molecular weight excluding hydrogens is 354 g/mol. The molecule has 2 N–H and O–H groups in total. The average molecular weight is 376 g/mol. The molecule has 0 unspecified atom stereocenters. The molecule has 0 aliphatic rings. The van der Waals surface area contributed by atoms with Crippen LogP contribution in [0, 0.1) is 13.8 Å². The minimum atomic E-state index is -2.94. The molecule has 7 heteroatoms. The number of hydrogen-bond acceptors (Lipinski definition) is 3. The van der Waals surface area contributed by atoms with Crippen LogP contribution in [0.25, 0.3) is 0 Å². The van der Waals surface area contributed by atoms with Crippen molar-refractivity contribution < 1.29 is 23.1 Å². The maximum absolute atomic E-state index is 13.0. The predicted octanol–water partition coefficient (Wildman–Crippen LogP) is 3.42. The zero-order valence-electron chi connectivity index (χ0n) is 15.2. The maximum atomic E-state index is 13.0. The molecule has 5 nitrogen and oxygen atoms in total. The lowest BCUT2D eigenvalue weighted by atomic mass is 10.0. The Hall–Kier alpha value is -2.96. The van der Waals surface area contributed by atoms with Gasteiger partial charge < -0.3 is 15.4 Å². The Morgan fingerprint density at radius 3 is 2.22 bits per heavy atom. The van der Waals surface area contributed by atoms with E-state index in [9.17, 15) is 18.4 Å². The number of nitrogens with zero attached hydrogens (tertiary/aromatic N) is 1. The summed E-state index contributed by atoms with van der Waals surface area (Å²) < 4.78 is 29.6. The van der Waals surface area contributed by atoms with Crippen molar-refractivity contribution in [2.75, 3.05) is 6.54 Å². The number of primary amides is 1. The highest BCUT2D eigenvalue weighted by atomic mass is 19.3. The fraction of sp³-hybridized carbons (Fsp3) is 0.300. The maximum Gasteiger partial charge on any atom is 0.387 e. The molecule has 2 rings (SSSR count). The second-order valence-corrected chi connectivity index (χ2v) is 6.25. The zero-order valence-corrected chi connectivity index (χ0v) is 15.2. The quantitative estimate of drug-likeness (QED) is 0.767. The van der Waals surface area contributed by atoms with Gasteiger partial charge in [0.05, 0.1) is 0 Å². The first kappa shape index (κ1) is 20.4. The molecule has 144 valence electrons. The summed E-state index contributed by atoms with van der Waals surface area (Å²) >= 11 is 0. The smallest absolute Gasteiger partial charge is 0.387 e. The summed E-state index contributed by atoms with van der Waals surface area (Å²) in [6.45, 7) is 0.740. The lowest BCUT2D eigenvalue weighted by Crippen LogP contribution is -2.33. The van der Waals surface area contributed by atoms with Gasteiger partial charge in [-0.05, 0) is 42.7 Å². The highest BCUT2D eigenvalue weighted by Gasteiger charge is 2.20. The van der Waals surface area contributed by atoms with Crippen LogP contribution in [-0.4, -0.2) is 29.9 Å². The van der Waals surface area contributed by atoms with Gasteiger partial charge in [-0.2, -0.15) is 8.78 Å². The minimum Gasteiger partial charge on any atom is -0.434 e. The molecule has 0 radical (unpaired) electrons. The van der Waals surface area contributed by atoms with Gasteiger partial charge in [0.25, 0.3) is 5.91 Å². The van der Waals surface area contributed by atoms with E-state index >= 15 is 0 Å². The zero-order chi connectivity index (χ0) is 20.0. The highest BCUT2D eigenvalue weighted by molar-refractivity contribution is 5.95. The summed E-state index contributed by atoms with van der Waals surface area (Å²) in [6, 6.07) is 12.4. The van der Waals surface area contributed by atoms with Crippen LogP contribution in [0.4, 0.5) is 8.78 Å². The minimum absolute atomic E-state index is 0.0309. The van der Waals surface area contributed by atoms with Crippen molar-refractivity contribution in [2.45, 2.75) is 33.4 Å². The van der Waals surface area contributed by atoms with Gasteiger partial charge in [0.15, 0.2) is 0 Å². The van der Waals surface area contributed by atoms with Crippen LogP contribution in [0.5, 0.6) is 5.75 Å². The normalized spacial score (nSPS) is 10.7. The van der Waals surface area contributed by atoms with Crippen molar-refractivity contribution in [1.82, 2.24) is 4.90 Å². The number of carbonyl (C=O) groups is 2. The molecule has 0 bridgehead atoms. The van der Waals surface area contributed by atoms with E-state index in [1.54, 1.807) is 13.8 Å². The summed E-state index contributed by atoms with van der Waals surface area (Å²) in [6.07, 6.45) is 0.0309. The van der Waals surface area contributed by atoms with Gasteiger partial charge in [-0.1, -0.05) is 30.3 Å². The molecule has 0 aromatic heterocycles. The van der Waals surface area contributed by atoms with E-state index in [0.717, 1.165) is 5.56 Å². The fourth-order valence-corrected chi connectivity index (χ4v) is 2.83. The Morgan fingerprint density at radius 1 is 1.11 bits per heavy atom. The Morgan fingerprint density at radius 2 is 1.70 bits per heavy atom. The largest absolute Gasteiger partial charge is 0.434 e. The van der Waals surface area contributed by atoms with E-state index in [2.05, 4.69) is 4.74 Å². The topological polar surface area (TPSA) is 72.6 Å². The molecule has 0 spiro atoms. The highest BCUT2D eigenvalue weighted by Crippen LogP contribution is 2.27. The van der Waals surface area contributed by atoms with Crippen molar-refractivity contribution >= 4 is 11.8 Å². The van der Waals surface area contributed by atoms with E-state index in [4.69, 9.17) is 5.73 Å². The SMILES string of the molecule is Cc1cc(C(=O)N(CCC(N)=O)Cc2ccccc2)cc(C)c1OC(F)F. The number of rotatable bonds is 8. The van der Waals surface area contributed by atoms with Crippen LogP contribution in [-0.2, 0) is 11.3 Å². The predicted molar refractivity (Wildman–Crippen MR) is 97.5 cm³/mol. The van der Waals surface area contributed by atoms with Crippen molar-refractivity contribution in [3.8, 4) is 5.75 Å². The first-order chi connectivity index (χ1) is 12.8. The van der Waals surface area contributed by atoms with Crippen molar-refractivity contribution in [1.29, 1.82) is 0 Å².